The van der Waals surface area contributed by atoms with Crippen LogP contribution in [0.3, 0.4) is 0 Å². The molecule has 0 saturated heterocycles. The summed E-state index contributed by atoms with van der Waals surface area (Å²) in [7, 11) is 6.01. The molecule has 0 fully saturated rings. The Morgan fingerprint density at radius 1 is 1.31 bits per heavy atom. The summed E-state index contributed by atoms with van der Waals surface area (Å²) in [5, 5.41) is 8.56. The topological polar surface area (TPSA) is 63.6 Å². The summed E-state index contributed by atoms with van der Waals surface area (Å²) in [5.41, 5.74) is 0. The van der Waals surface area contributed by atoms with Gasteiger partial charge in [-0.2, -0.15) is 0 Å². The van der Waals surface area contributed by atoms with Crippen LogP contribution in [0.1, 0.15) is 13.3 Å². The molecule has 0 amide bonds. The SMILES string of the molecule is CC(=O)C(CC(=O)O)OCC[N+](C)(C)C.[Cl-]. The molecule has 0 aliphatic rings. The van der Waals surface area contributed by atoms with Gasteiger partial charge in [0.2, 0.25) is 0 Å². The van der Waals surface area contributed by atoms with Crippen molar-refractivity contribution >= 4 is 11.8 Å². The molecule has 0 radical (unpaired) electrons. The van der Waals surface area contributed by atoms with E-state index in [1.807, 2.05) is 21.1 Å². The maximum absolute atomic E-state index is 11.0. The Bertz CT molecular complexity index is 237. The van der Waals surface area contributed by atoms with Crippen LogP contribution >= 0.6 is 0 Å². The van der Waals surface area contributed by atoms with E-state index in [0.717, 1.165) is 11.0 Å². The zero-order valence-electron chi connectivity index (χ0n) is 10.2. The second-order valence-electron chi connectivity index (χ2n) is 4.58. The summed E-state index contributed by atoms with van der Waals surface area (Å²) >= 11 is 0. The van der Waals surface area contributed by atoms with Gasteiger partial charge in [0, 0.05) is 0 Å². The Morgan fingerprint density at radius 3 is 2.12 bits per heavy atom. The third-order valence-corrected chi connectivity index (χ3v) is 1.89. The first-order valence-corrected chi connectivity index (χ1v) is 4.86. The van der Waals surface area contributed by atoms with Crippen LogP contribution in [0.2, 0.25) is 0 Å². The van der Waals surface area contributed by atoms with Crippen LogP contribution in [-0.4, -0.2) is 61.7 Å². The molecule has 0 bridgehead atoms. The van der Waals surface area contributed by atoms with Crippen molar-refractivity contribution in [2.45, 2.75) is 19.4 Å². The van der Waals surface area contributed by atoms with Crippen LogP contribution in [0.5, 0.6) is 0 Å². The average Bonchev–Trinajstić information content (AvgIpc) is 1.99. The Labute approximate surface area is 102 Å². The first-order valence-electron chi connectivity index (χ1n) is 4.86. The molecule has 0 spiro atoms. The number of halogens is 1. The van der Waals surface area contributed by atoms with Crippen molar-refractivity contribution in [3.63, 3.8) is 0 Å². The second kappa shape index (κ2) is 7.60. The van der Waals surface area contributed by atoms with E-state index < -0.39 is 12.1 Å². The van der Waals surface area contributed by atoms with Gasteiger partial charge in [0.15, 0.2) is 5.78 Å². The third kappa shape index (κ3) is 9.89. The van der Waals surface area contributed by atoms with Gasteiger partial charge in [-0.25, -0.2) is 0 Å². The highest BCUT2D eigenvalue weighted by Gasteiger charge is 2.19. The fourth-order valence-corrected chi connectivity index (χ4v) is 0.947. The Morgan fingerprint density at radius 2 is 1.81 bits per heavy atom. The molecule has 0 saturated carbocycles. The number of ketones is 1. The quantitative estimate of drug-likeness (QED) is 0.496. The van der Waals surface area contributed by atoms with Crippen molar-refractivity contribution < 1.29 is 36.3 Å². The van der Waals surface area contributed by atoms with Crippen LogP contribution in [0.15, 0.2) is 0 Å². The number of Topliss-reactive ketones (excluding diaryl/α,β-unsaturated/α-hetero) is 1. The zero-order chi connectivity index (χ0) is 12.1. The molecule has 0 aromatic rings. The van der Waals surface area contributed by atoms with E-state index in [9.17, 15) is 9.59 Å². The molecule has 1 atom stereocenters. The monoisotopic (exact) mass is 253 g/mol. The number of hydrogen-bond acceptors (Lipinski definition) is 3. The maximum Gasteiger partial charge on any atom is 0.306 e. The van der Waals surface area contributed by atoms with Crippen molar-refractivity contribution in [1.82, 2.24) is 0 Å². The summed E-state index contributed by atoms with van der Waals surface area (Å²) in [5.74, 6) is -1.25. The van der Waals surface area contributed by atoms with Crippen molar-refractivity contribution in [2.24, 2.45) is 0 Å². The van der Waals surface area contributed by atoms with E-state index in [2.05, 4.69) is 0 Å². The van der Waals surface area contributed by atoms with Gasteiger partial charge in [-0.05, 0) is 6.92 Å². The molecule has 1 N–H and O–H groups in total. The lowest BCUT2D eigenvalue weighted by Crippen LogP contribution is -3.00. The van der Waals surface area contributed by atoms with Gasteiger partial charge in [-0.15, -0.1) is 0 Å². The predicted molar refractivity (Wildman–Crippen MR) is 55.6 cm³/mol. The molecule has 0 heterocycles. The smallest absolute Gasteiger partial charge is 0.306 e. The van der Waals surface area contributed by atoms with Gasteiger partial charge in [0.05, 0.1) is 34.2 Å². The normalized spacial score (nSPS) is 12.8. The number of aliphatic carboxylic acids is 1. The molecule has 0 aliphatic heterocycles. The number of hydrogen-bond donors (Lipinski definition) is 1. The minimum atomic E-state index is -1.01. The van der Waals surface area contributed by atoms with Crippen molar-refractivity contribution in [3.05, 3.63) is 0 Å². The number of carboxylic acids is 1. The summed E-state index contributed by atoms with van der Waals surface area (Å²) in [4.78, 5) is 21.5. The molecular weight excluding hydrogens is 234 g/mol. The molecule has 0 aliphatic carbocycles. The van der Waals surface area contributed by atoms with E-state index in [1.54, 1.807) is 0 Å². The Hall–Kier alpha value is -0.650. The number of nitrogens with zero attached hydrogens (tertiary/aromatic N) is 1. The van der Waals surface area contributed by atoms with E-state index in [4.69, 9.17) is 9.84 Å². The highest BCUT2D eigenvalue weighted by atomic mass is 35.5. The van der Waals surface area contributed by atoms with Gasteiger partial charge < -0.3 is 26.7 Å². The molecular formula is C10H20ClNO4. The average molecular weight is 254 g/mol. The van der Waals surface area contributed by atoms with E-state index in [1.165, 1.54) is 6.92 Å². The summed E-state index contributed by atoms with van der Waals surface area (Å²) in [6.07, 6.45) is -1.07. The lowest BCUT2D eigenvalue weighted by atomic mass is 10.2. The van der Waals surface area contributed by atoms with Gasteiger partial charge in [-0.3, -0.25) is 9.59 Å². The molecule has 0 rings (SSSR count). The summed E-state index contributed by atoms with van der Waals surface area (Å²) in [6, 6.07) is 0. The molecule has 0 aromatic carbocycles. The minimum absolute atomic E-state index is 0. The van der Waals surface area contributed by atoms with Crippen LogP contribution in [-0.2, 0) is 14.3 Å². The first-order chi connectivity index (χ1) is 6.72. The fourth-order valence-electron chi connectivity index (χ4n) is 0.947. The number of carbonyl (C=O) groups excluding carboxylic acids is 1. The summed E-state index contributed by atoms with van der Waals surface area (Å²) < 4.78 is 5.96. The Balaban J connectivity index is 0. The number of rotatable bonds is 7. The van der Waals surface area contributed by atoms with Crippen LogP contribution < -0.4 is 12.4 Å². The first kappa shape index (κ1) is 17.7. The van der Waals surface area contributed by atoms with Crippen LogP contribution in [0.4, 0.5) is 0 Å². The number of likely N-dealkylation sites (N-methyl/N-ethyl adjacent to an activating group) is 1. The molecule has 6 heteroatoms. The van der Waals surface area contributed by atoms with Gasteiger partial charge in [-0.1, -0.05) is 0 Å². The van der Waals surface area contributed by atoms with E-state index >= 15 is 0 Å². The highest BCUT2D eigenvalue weighted by Crippen LogP contribution is 2.01. The van der Waals surface area contributed by atoms with Gasteiger partial charge >= 0.3 is 5.97 Å². The summed E-state index contributed by atoms with van der Waals surface area (Å²) in [6.45, 7) is 2.48. The highest BCUT2D eigenvalue weighted by molar-refractivity contribution is 5.84. The fraction of sp³-hybridized carbons (Fsp3) is 0.800. The Kier molecular flexibility index (Phi) is 8.42. The van der Waals surface area contributed by atoms with Crippen molar-refractivity contribution in [3.8, 4) is 0 Å². The molecule has 0 aromatic heterocycles. The second-order valence-corrected chi connectivity index (χ2v) is 4.58. The lowest BCUT2D eigenvalue weighted by molar-refractivity contribution is -0.870. The standard InChI is InChI=1S/C10H19NO4.ClH/c1-8(12)9(7-10(13)14)15-6-5-11(2,3)4;/h9H,5-7H2,1-4H3;1H. The van der Waals surface area contributed by atoms with E-state index in [-0.39, 0.29) is 24.6 Å². The molecule has 16 heavy (non-hydrogen) atoms. The van der Waals surface area contributed by atoms with Crippen LogP contribution in [0, 0.1) is 0 Å². The number of carboxylic acid groups (broad SMARTS) is 1. The van der Waals surface area contributed by atoms with Gasteiger partial charge in [0.1, 0.15) is 12.6 Å². The van der Waals surface area contributed by atoms with E-state index in [0.29, 0.717) is 6.61 Å². The number of carbonyl (C=O) groups is 2. The largest absolute Gasteiger partial charge is 1.00 e. The number of quaternary nitrogens is 1. The molecule has 1 unspecified atom stereocenters. The molecule has 96 valence electrons. The van der Waals surface area contributed by atoms with Crippen molar-refractivity contribution in [1.29, 1.82) is 0 Å². The zero-order valence-corrected chi connectivity index (χ0v) is 11.0. The van der Waals surface area contributed by atoms with Crippen molar-refractivity contribution in [2.75, 3.05) is 34.3 Å². The minimum Gasteiger partial charge on any atom is -1.00 e. The lowest BCUT2D eigenvalue weighted by Gasteiger charge is -2.24. The third-order valence-electron chi connectivity index (χ3n) is 1.89. The maximum atomic E-state index is 11.0. The van der Waals surface area contributed by atoms with Gasteiger partial charge in [0.25, 0.3) is 0 Å². The van der Waals surface area contributed by atoms with Crippen LogP contribution in [0.25, 0.3) is 0 Å². The molecule has 5 nitrogen and oxygen atoms in total. The number of ether oxygens (including phenoxy) is 1. The predicted octanol–water partition coefficient (Wildman–Crippen LogP) is -2.85.